The average Bonchev–Trinajstić information content (AvgIpc) is 2.91. The van der Waals surface area contributed by atoms with E-state index in [4.69, 9.17) is 5.73 Å². The van der Waals surface area contributed by atoms with Gasteiger partial charge >= 0.3 is 0 Å². The van der Waals surface area contributed by atoms with Crippen molar-refractivity contribution in [2.75, 3.05) is 5.73 Å². The Morgan fingerprint density at radius 3 is 2.63 bits per heavy atom. The fourth-order valence-corrected chi connectivity index (χ4v) is 2.73. The van der Waals surface area contributed by atoms with E-state index in [1.807, 2.05) is 36.4 Å². The molecule has 0 atom stereocenters. The first-order chi connectivity index (χ1) is 9.33. The van der Waals surface area contributed by atoms with Crippen LogP contribution in [0.3, 0.4) is 0 Å². The molecule has 2 aromatic heterocycles. The molecule has 0 aliphatic heterocycles. The molecule has 3 rings (SSSR count). The second-order valence-electron chi connectivity index (χ2n) is 4.24. The van der Waals surface area contributed by atoms with Crippen molar-refractivity contribution < 1.29 is 0 Å². The molecule has 0 spiro atoms. The van der Waals surface area contributed by atoms with Crippen LogP contribution in [0.2, 0.25) is 0 Å². The second-order valence-corrected chi connectivity index (χ2v) is 5.18. The second kappa shape index (κ2) is 5.20. The van der Waals surface area contributed by atoms with Crippen molar-refractivity contribution in [3.05, 3.63) is 64.7 Å². The highest BCUT2D eigenvalue weighted by atomic mass is 32.1. The lowest BCUT2D eigenvalue weighted by molar-refractivity contribution is 1.14. The predicted molar refractivity (Wildman–Crippen MR) is 79.0 cm³/mol. The van der Waals surface area contributed by atoms with Crippen LogP contribution in [-0.2, 0) is 6.42 Å². The molecule has 0 aliphatic rings. The Labute approximate surface area is 115 Å². The van der Waals surface area contributed by atoms with Crippen LogP contribution in [0.4, 0.5) is 5.69 Å². The van der Waals surface area contributed by atoms with Crippen LogP contribution in [0.1, 0.15) is 10.6 Å². The van der Waals surface area contributed by atoms with Gasteiger partial charge in [0.15, 0.2) is 0 Å². The molecular weight excluding hydrogens is 254 g/mol. The molecule has 0 aliphatic carbocycles. The van der Waals surface area contributed by atoms with Gasteiger partial charge in [0.25, 0.3) is 0 Å². The number of thiazole rings is 1. The van der Waals surface area contributed by atoms with Crippen LogP contribution in [0.15, 0.2) is 54.2 Å². The van der Waals surface area contributed by atoms with Crippen molar-refractivity contribution in [3.63, 3.8) is 0 Å². The number of hydrogen-bond acceptors (Lipinski definition) is 4. The van der Waals surface area contributed by atoms with Crippen molar-refractivity contribution >= 4 is 17.0 Å². The summed E-state index contributed by atoms with van der Waals surface area (Å²) in [5, 5.41) is 3.15. The van der Waals surface area contributed by atoms with Gasteiger partial charge in [0.1, 0.15) is 0 Å². The minimum Gasteiger partial charge on any atom is -0.398 e. The quantitative estimate of drug-likeness (QED) is 0.740. The van der Waals surface area contributed by atoms with Crippen molar-refractivity contribution in [1.29, 1.82) is 0 Å². The van der Waals surface area contributed by atoms with Gasteiger partial charge < -0.3 is 5.73 Å². The number of benzene rings is 1. The Morgan fingerprint density at radius 1 is 1.05 bits per heavy atom. The summed E-state index contributed by atoms with van der Waals surface area (Å²) in [5.41, 5.74) is 9.99. The molecule has 0 bridgehead atoms. The van der Waals surface area contributed by atoms with E-state index in [-0.39, 0.29) is 0 Å². The molecule has 3 aromatic rings. The zero-order valence-electron chi connectivity index (χ0n) is 10.3. The lowest BCUT2D eigenvalue weighted by atomic mass is 10.1. The third-order valence-corrected chi connectivity index (χ3v) is 3.77. The molecule has 4 heteroatoms. The molecule has 0 fully saturated rings. The summed E-state index contributed by atoms with van der Waals surface area (Å²) in [5.74, 6) is 0. The third-order valence-electron chi connectivity index (χ3n) is 2.92. The molecule has 2 heterocycles. The number of para-hydroxylation sites is 1. The van der Waals surface area contributed by atoms with Crippen LogP contribution in [0.5, 0.6) is 0 Å². The fraction of sp³-hybridized carbons (Fsp3) is 0.0667. The van der Waals surface area contributed by atoms with E-state index in [2.05, 4.69) is 15.3 Å². The number of anilines is 1. The van der Waals surface area contributed by atoms with E-state index >= 15 is 0 Å². The lowest BCUT2D eigenvalue weighted by Crippen LogP contribution is -1.94. The van der Waals surface area contributed by atoms with Crippen LogP contribution in [0, 0.1) is 0 Å². The maximum Gasteiger partial charge on any atom is 0.0977 e. The number of nitrogens with zero attached hydrogens (tertiary/aromatic N) is 2. The molecule has 19 heavy (non-hydrogen) atoms. The number of nitrogen functional groups attached to an aromatic ring is 1. The number of hydrogen-bond donors (Lipinski definition) is 1. The maximum atomic E-state index is 5.95. The van der Waals surface area contributed by atoms with Gasteiger partial charge in [-0.1, -0.05) is 18.2 Å². The van der Waals surface area contributed by atoms with Crippen LogP contribution < -0.4 is 5.73 Å². The molecule has 2 N–H and O–H groups in total. The van der Waals surface area contributed by atoms with Gasteiger partial charge in [-0.25, -0.2) is 4.98 Å². The molecule has 0 radical (unpaired) electrons. The first-order valence-corrected chi connectivity index (χ1v) is 6.89. The highest BCUT2D eigenvalue weighted by molar-refractivity contribution is 7.10. The summed E-state index contributed by atoms with van der Waals surface area (Å²) < 4.78 is 0. The van der Waals surface area contributed by atoms with Crippen molar-refractivity contribution in [2.45, 2.75) is 6.42 Å². The Hall–Kier alpha value is -2.20. The standard InChI is InChI=1S/C15H13N3S/c16-13-4-2-1-3-12(13)9-15-18-14(10-19-15)11-5-7-17-8-6-11/h1-8,10H,9,16H2. The lowest BCUT2D eigenvalue weighted by Gasteiger charge is -2.02. The van der Waals surface area contributed by atoms with Gasteiger partial charge in [-0.3, -0.25) is 4.98 Å². The molecular formula is C15H13N3S. The van der Waals surface area contributed by atoms with Gasteiger partial charge in [0.2, 0.25) is 0 Å². The Bertz CT molecular complexity index is 677. The van der Waals surface area contributed by atoms with Crippen molar-refractivity contribution in [3.8, 4) is 11.3 Å². The number of nitrogens with two attached hydrogens (primary N) is 1. The molecule has 0 saturated heterocycles. The third kappa shape index (κ3) is 2.63. The monoisotopic (exact) mass is 267 g/mol. The van der Waals surface area contributed by atoms with Gasteiger partial charge in [-0.05, 0) is 23.8 Å². The molecule has 1 aromatic carbocycles. The van der Waals surface area contributed by atoms with E-state index < -0.39 is 0 Å². The number of pyridine rings is 1. The zero-order valence-corrected chi connectivity index (χ0v) is 11.1. The minimum atomic E-state index is 0.780. The Kier molecular flexibility index (Phi) is 3.25. The number of rotatable bonds is 3. The Balaban J connectivity index is 1.85. The minimum absolute atomic E-state index is 0.780. The summed E-state index contributed by atoms with van der Waals surface area (Å²) >= 11 is 1.66. The molecule has 0 unspecified atom stereocenters. The van der Waals surface area contributed by atoms with Crippen LogP contribution >= 0.6 is 11.3 Å². The van der Waals surface area contributed by atoms with E-state index in [1.54, 1.807) is 23.7 Å². The first-order valence-electron chi connectivity index (χ1n) is 6.01. The molecule has 3 nitrogen and oxygen atoms in total. The normalized spacial score (nSPS) is 10.5. The highest BCUT2D eigenvalue weighted by Gasteiger charge is 2.06. The SMILES string of the molecule is Nc1ccccc1Cc1nc(-c2ccncc2)cs1. The van der Waals surface area contributed by atoms with Crippen molar-refractivity contribution in [2.24, 2.45) is 0 Å². The fourth-order valence-electron chi connectivity index (χ4n) is 1.91. The Morgan fingerprint density at radius 2 is 1.84 bits per heavy atom. The zero-order chi connectivity index (χ0) is 13.1. The van der Waals surface area contributed by atoms with E-state index in [0.29, 0.717) is 0 Å². The topological polar surface area (TPSA) is 51.8 Å². The van der Waals surface area contributed by atoms with Gasteiger partial charge in [-0.15, -0.1) is 11.3 Å². The van der Waals surface area contributed by atoms with E-state index in [0.717, 1.165) is 33.9 Å². The van der Waals surface area contributed by atoms with E-state index in [9.17, 15) is 0 Å². The van der Waals surface area contributed by atoms with Crippen molar-refractivity contribution in [1.82, 2.24) is 9.97 Å². The maximum absolute atomic E-state index is 5.95. The smallest absolute Gasteiger partial charge is 0.0977 e. The summed E-state index contributed by atoms with van der Waals surface area (Å²) in [4.78, 5) is 8.67. The van der Waals surface area contributed by atoms with E-state index in [1.165, 1.54) is 0 Å². The molecule has 0 amide bonds. The van der Waals surface area contributed by atoms with Gasteiger partial charge in [-0.2, -0.15) is 0 Å². The largest absolute Gasteiger partial charge is 0.398 e. The predicted octanol–water partition coefficient (Wildman–Crippen LogP) is 3.38. The van der Waals surface area contributed by atoms with Gasteiger partial charge in [0, 0.05) is 35.4 Å². The molecule has 94 valence electrons. The molecule has 0 saturated carbocycles. The highest BCUT2D eigenvalue weighted by Crippen LogP contribution is 2.24. The summed E-state index contributed by atoms with van der Waals surface area (Å²) in [6, 6.07) is 11.9. The average molecular weight is 267 g/mol. The first kappa shape index (κ1) is 11.9. The number of aromatic nitrogens is 2. The van der Waals surface area contributed by atoms with Crippen LogP contribution in [0.25, 0.3) is 11.3 Å². The van der Waals surface area contributed by atoms with Crippen LogP contribution in [-0.4, -0.2) is 9.97 Å². The van der Waals surface area contributed by atoms with Gasteiger partial charge in [0.05, 0.1) is 10.7 Å². The summed E-state index contributed by atoms with van der Waals surface area (Å²) in [6.07, 6.45) is 4.34. The summed E-state index contributed by atoms with van der Waals surface area (Å²) in [7, 11) is 0. The summed E-state index contributed by atoms with van der Waals surface area (Å²) in [6.45, 7) is 0.